The predicted octanol–water partition coefficient (Wildman–Crippen LogP) is 1.39. The van der Waals surface area contributed by atoms with E-state index in [1.54, 1.807) is 12.1 Å². The van der Waals surface area contributed by atoms with E-state index in [1.807, 2.05) is 0 Å². The second-order valence-electron chi connectivity index (χ2n) is 9.18. The molecule has 11 heteroatoms. The Morgan fingerprint density at radius 3 is 2.42 bits per heavy atom. The van der Waals surface area contributed by atoms with Gasteiger partial charge in [-0.25, -0.2) is 16.8 Å². The molecule has 1 saturated carbocycles. The van der Waals surface area contributed by atoms with E-state index in [-0.39, 0.29) is 28.1 Å². The SMILES string of the molecule is O=C(NCCCNC1NS(=O)(=O)C2CCCCC12)c1ccc(S(=O)(=O)N2CCCCC2)cc1. The van der Waals surface area contributed by atoms with Crippen LogP contribution < -0.4 is 15.4 Å². The van der Waals surface area contributed by atoms with Gasteiger partial charge >= 0.3 is 0 Å². The molecule has 3 aliphatic rings. The van der Waals surface area contributed by atoms with Gasteiger partial charge in [0.15, 0.2) is 0 Å². The van der Waals surface area contributed by atoms with Crippen molar-refractivity contribution in [2.75, 3.05) is 26.2 Å². The van der Waals surface area contributed by atoms with Crippen LogP contribution in [-0.2, 0) is 20.0 Å². The van der Waals surface area contributed by atoms with Crippen molar-refractivity contribution in [1.29, 1.82) is 0 Å². The van der Waals surface area contributed by atoms with Gasteiger partial charge in [0.05, 0.1) is 16.3 Å². The molecule has 184 valence electrons. The van der Waals surface area contributed by atoms with Crippen molar-refractivity contribution >= 4 is 26.0 Å². The second kappa shape index (κ2) is 10.4. The minimum atomic E-state index is -3.51. The highest BCUT2D eigenvalue weighted by Crippen LogP contribution is 2.35. The average Bonchev–Trinajstić information content (AvgIpc) is 3.09. The zero-order valence-electron chi connectivity index (χ0n) is 18.8. The molecular formula is C22H34N4O5S2. The van der Waals surface area contributed by atoms with Crippen LogP contribution in [0.4, 0.5) is 0 Å². The Morgan fingerprint density at radius 1 is 1.00 bits per heavy atom. The summed E-state index contributed by atoms with van der Waals surface area (Å²) < 4.78 is 54.3. The highest BCUT2D eigenvalue weighted by molar-refractivity contribution is 7.90. The summed E-state index contributed by atoms with van der Waals surface area (Å²) in [5.74, 6) is -0.149. The highest BCUT2D eigenvalue weighted by Gasteiger charge is 2.47. The first kappa shape index (κ1) is 24.6. The summed E-state index contributed by atoms with van der Waals surface area (Å²) in [6.07, 6.45) is 6.90. The number of carbonyl (C=O) groups is 1. The molecule has 2 saturated heterocycles. The van der Waals surface area contributed by atoms with E-state index < -0.39 is 20.0 Å². The Labute approximate surface area is 196 Å². The monoisotopic (exact) mass is 498 g/mol. The molecule has 1 aliphatic carbocycles. The van der Waals surface area contributed by atoms with E-state index in [9.17, 15) is 21.6 Å². The molecule has 3 fully saturated rings. The van der Waals surface area contributed by atoms with Crippen LogP contribution in [0.3, 0.4) is 0 Å². The summed E-state index contributed by atoms with van der Waals surface area (Å²) in [5, 5.41) is 5.85. The maximum Gasteiger partial charge on any atom is 0.251 e. The summed E-state index contributed by atoms with van der Waals surface area (Å²) in [6.45, 7) is 2.11. The van der Waals surface area contributed by atoms with Gasteiger partial charge < -0.3 is 10.6 Å². The van der Waals surface area contributed by atoms with E-state index in [2.05, 4.69) is 15.4 Å². The van der Waals surface area contributed by atoms with Crippen molar-refractivity contribution < 1.29 is 21.6 Å². The lowest BCUT2D eigenvalue weighted by molar-refractivity contribution is 0.0953. The lowest BCUT2D eigenvalue weighted by Gasteiger charge is -2.26. The largest absolute Gasteiger partial charge is 0.352 e. The molecule has 9 nitrogen and oxygen atoms in total. The number of benzene rings is 1. The van der Waals surface area contributed by atoms with Gasteiger partial charge in [0.1, 0.15) is 0 Å². The first-order chi connectivity index (χ1) is 15.8. The minimum absolute atomic E-state index is 0.109. The maximum atomic E-state index is 12.7. The molecule has 0 radical (unpaired) electrons. The molecule has 1 amide bonds. The first-order valence-corrected chi connectivity index (χ1v) is 14.9. The quantitative estimate of drug-likeness (QED) is 0.465. The van der Waals surface area contributed by atoms with Crippen LogP contribution in [0.5, 0.6) is 0 Å². The van der Waals surface area contributed by atoms with E-state index in [0.717, 1.165) is 44.9 Å². The minimum Gasteiger partial charge on any atom is -0.352 e. The number of hydrogen-bond donors (Lipinski definition) is 3. The molecule has 1 aromatic carbocycles. The number of fused-ring (bicyclic) bond motifs is 1. The van der Waals surface area contributed by atoms with Crippen LogP contribution in [0, 0.1) is 5.92 Å². The van der Waals surface area contributed by atoms with Crippen molar-refractivity contribution in [2.24, 2.45) is 5.92 Å². The molecule has 2 aliphatic heterocycles. The Balaban J connectivity index is 1.22. The molecule has 2 heterocycles. The summed E-state index contributed by atoms with van der Waals surface area (Å²) in [7, 11) is -6.75. The topological polar surface area (TPSA) is 125 Å². The summed E-state index contributed by atoms with van der Waals surface area (Å²) in [4.78, 5) is 12.6. The molecule has 0 bridgehead atoms. The fourth-order valence-corrected chi connectivity index (χ4v) is 8.65. The van der Waals surface area contributed by atoms with E-state index in [4.69, 9.17) is 0 Å². The van der Waals surface area contributed by atoms with Crippen molar-refractivity contribution in [3.05, 3.63) is 29.8 Å². The molecule has 0 spiro atoms. The van der Waals surface area contributed by atoms with Gasteiger partial charge in [0.2, 0.25) is 20.0 Å². The van der Waals surface area contributed by atoms with E-state index in [0.29, 0.717) is 38.2 Å². The second-order valence-corrected chi connectivity index (χ2v) is 13.0. The zero-order valence-corrected chi connectivity index (χ0v) is 20.5. The molecule has 3 atom stereocenters. The molecule has 3 unspecified atom stereocenters. The molecule has 3 N–H and O–H groups in total. The number of carbonyl (C=O) groups excluding carboxylic acids is 1. The third-order valence-corrected chi connectivity index (χ3v) is 10.8. The van der Waals surface area contributed by atoms with E-state index >= 15 is 0 Å². The molecule has 33 heavy (non-hydrogen) atoms. The van der Waals surface area contributed by atoms with Gasteiger partial charge in [-0.15, -0.1) is 0 Å². The van der Waals surface area contributed by atoms with E-state index in [1.165, 1.54) is 16.4 Å². The zero-order chi connectivity index (χ0) is 23.5. The van der Waals surface area contributed by atoms with Gasteiger partial charge in [0.25, 0.3) is 5.91 Å². The predicted molar refractivity (Wildman–Crippen MR) is 126 cm³/mol. The average molecular weight is 499 g/mol. The van der Waals surface area contributed by atoms with Crippen molar-refractivity contribution in [1.82, 2.24) is 19.7 Å². The molecular weight excluding hydrogens is 464 g/mol. The summed E-state index contributed by atoms with van der Waals surface area (Å²) >= 11 is 0. The van der Waals surface area contributed by atoms with Gasteiger partial charge in [0, 0.05) is 31.1 Å². The van der Waals surface area contributed by atoms with Gasteiger partial charge in [-0.3, -0.25) is 4.79 Å². The highest BCUT2D eigenvalue weighted by atomic mass is 32.2. The van der Waals surface area contributed by atoms with Crippen LogP contribution in [0.25, 0.3) is 0 Å². The number of nitrogens with zero attached hydrogens (tertiary/aromatic N) is 1. The fourth-order valence-electron chi connectivity index (χ4n) is 5.12. The van der Waals surface area contributed by atoms with Gasteiger partial charge in [-0.05, 0) is 62.9 Å². The number of hydrogen-bond acceptors (Lipinski definition) is 6. The number of amides is 1. The van der Waals surface area contributed by atoms with Crippen molar-refractivity contribution in [3.8, 4) is 0 Å². The van der Waals surface area contributed by atoms with Crippen molar-refractivity contribution in [3.63, 3.8) is 0 Å². The number of piperidine rings is 1. The molecule has 1 aromatic rings. The third kappa shape index (κ3) is 5.59. The summed E-state index contributed by atoms with van der Waals surface area (Å²) in [6, 6.07) is 6.07. The Kier molecular flexibility index (Phi) is 7.74. The lowest BCUT2D eigenvalue weighted by Crippen LogP contribution is -2.44. The van der Waals surface area contributed by atoms with Crippen LogP contribution in [0.1, 0.15) is 61.7 Å². The maximum absolute atomic E-state index is 12.7. The van der Waals surface area contributed by atoms with Crippen LogP contribution in [0.15, 0.2) is 29.2 Å². The van der Waals surface area contributed by atoms with Gasteiger partial charge in [-0.2, -0.15) is 9.03 Å². The van der Waals surface area contributed by atoms with Crippen molar-refractivity contribution in [2.45, 2.75) is 67.7 Å². The normalized spacial score (nSPS) is 27.7. The smallest absolute Gasteiger partial charge is 0.251 e. The summed E-state index contributed by atoms with van der Waals surface area (Å²) in [5.41, 5.74) is 0.411. The van der Waals surface area contributed by atoms with Crippen LogP contribution >= 0.6 is 0 Å². The third-order valence-electron chi connectivity index (χ3n) is 6.94. The first-order valence-electron chi connectivity index (χ1n) is 11.9. The van der Waals surface area contributed by atoms with Gasteiger partial charge in [-0.1, -0.05) is 19.3 Å². The fraction of sp³-hybridized carbons (Fsp3) is 0.682. The molecule has 0 aromatic heterocycles. The standard InChI is InChI=1S/C22H34N4O5S2/c27-22(17-9-11-18(12-10-17)33(30,31)26-15-4-1-5-16-26)24-14-6-13-23-21-19-7-2-3-8-20(19)32(28,29)25-21/h9-12,19-21,23,25H,1-8,13-16H2,(H,24,27). The lowest BCUT2D eigenvalue weighted by atomic mass is 9.87. The van der Waals surface area contributed by atoms with Crippen LogP contribution in [0.2, 0.25) is 0 Å². The molecule has 4 rings (SSSR count). The number of sulfonamides is 2. The number of nitrogens with one attached hydrogen (secondary N) is 3. The Bertz CT molecular complexity index is 1040. The number of rotatable bonds is 8. The Hall–Kier alpha value is -1.53. The van der Waals surface area contributed by atoms with Crippen LogP contribution in [-0.4, -0.2) is 64.6 Å². The Morgan fingerprint density at radius 2 is 1.70 bits per heavy atom.